The highest BCUT2D eigenvalue weighted by Gasteiger charge is 2.44. The first kappa shape index (κ1) is 9.44. The van der Waals surface area contributed by atoms with Crippen molar-refractivity contribution in [3.05, 3.63) is 0 Å². The summed E-state index contributed by atoms with van der Waals surface area (Å²) in [7, 11) is 0. The van der Waals surface area contributed by atoms with Crippen molar-refractivity contribution < 1.29 is 10.2 Å². The van der Waals surface area contributed by atoms with Crippen LogP contribution in [0.5, 0.6) is 0 Å². The second kappa shape index (κ2) is 3.56. The topological polar surface area (TPSA) is 43.7 Å². The van der Waals surface area contributed by atoms with E-state index >= 15 is 0 Å². The fraction of sp³-hybridized carbons (Fsp3) is 1.00. The van der Waals surface area contributed by atoms with Crippen LogP contribution in [0.25, 0.3) is 0 Å². The van der Waals surface area contributed by atoms with Crippen LogP contribution in [0.4, 0.5) is 0 Å². The molecule has 1 aliphatic heterocycles. The summed E-state index contributed by atoms with van der Waals surface area (Å²) in [5, 5.41) is 18.3. The molecule has 2 fully saturated rings. The first-order valence-corrected chi connectivity index (χ1v) is 5.25. The minimum Gasteiger partial charge on any atom is -0.396 e. The number of aliphatic hydroxyl groups is 2. The largest absolute Gasteiger partial charge is 0.396 e. The summed E-state index contributed by atoms with van der Waals surface area (Å²) < 4.78 is 0. The lowest BCUT2D eigenvalue weighted by molar-refractivity contribution is 0.109. The van der Waals surface area contributed by atoms with Crippen molar-refractivity contribution in [3.63, 3.8) is 0 Å². The summed E-state index contributed by atoms with van der Waals surface area (Å²) in [6.45, 7) is 2.70. The van der Waals surface area contributed by atoms with Gasteiger partial charge >= 0.3 is 0 Å². The molecule has 0 radical (unpaired) electrons. The van der Waals surface area contributed by atoms with E-state index in [2.05, 4.69) is 4.90 Å². The lowest BCUT2D eigenvalue weighted by atomic mass is 10.1. The van der Waals surface area contributed by atoms with E-state index in [9.17, 15) is 5.11 Å². The van der Waals surface area contributed by atoms with Crippen molar-refractivity contribution in [2.24, 2.45) is 5.41 Å². The normalized spacial score (nSPS) is 32.3. The molecule has 1 aliphatic carbocycles. The molecule has 0 bridgehead atoms. The van der Waals surface area contributed by atoms with Gasteiger partial charge in [-0.3, -0.25) is 4.90 Å². The molecule has 1 atom stereocenters. The molecule has 2 aliphatic rings. The van der Waals surface area contributed by atoms with Crippen LogP contribution in [0.3, 0.4) is 0 Å². The van der Waals surface area contributed by atoms with Crippen molar-refractivity contribution >= 4 is 0 Å². The average molecular weight is 185 g/mol. The van der Waals surface area contributed by atoms with Crippen LogP contribution >= 0.6 is 0 Å². The van der Waals surface area contributed by atoms with E-state index < -0.39 is 0 Å². The van der Waals surface area contributed by atoms with Crippen LogP contribution in [0.15, 0.2) is 0 Å². The van der Waals surface area contributed by atoms with Crippen LogP contribution in [0.1, 0.15) is 25.7 Å². The molecule has 76 valence electrons. The van der Waals surface area contributed by atoms with Crippen molar-refractivity contribution in [2.45, 2.75) is 31.7 Å². The number of nitrogens with zero attached hydrogens (tertiary/aromatic N) is 1. The van der Waals surface area contributed by atoms with E-state index in [0.29, 0.717) is 12.6 Å². The Morgan fingerprint density at radius 1 is 1.31 bits per heavy atom. The van der Waals surface area contributed by atoms with Gasteiger partial charge in [0.05, 0.1) is 6.61 Å². The molecule has 3 nitrogen and oxygen atoms in total. The predicted molar refractivity (Wildman–Crippen MR) is 50.4 cm³/mol. The molecule has 13 heavy (non-hydrogen) atoms. The molecule has 1 saturated heterocycles. The zero-order chi connectivity index (χ0) is 9.31. The number of hydrogen-bond donors (Lipinski definition) is 2. The third-order valence-electron chi connectivity index (χ3n) is 3.54. The van der Waals surface area contributed by atoms with Crippen molar-refractivity contribution in [1.82, 2.24) is 4.90 Å². The summed E-state index contributed by atoms with van der Waals surface area (Å²) in [6, 6.07) is 0.365. The van der Waals surface area contributed by atoms with Crippen LogP contribution in [-0.2, 0) is 0 Å². The monoisotopic (exact) mass is 185 g/mol. The maximum absolute atomic E-state index is 9.19. The van der Waals surface area contributed by atoms with Crippen molar-refractivity contribution in [2.75, 3.05) is 26.3 Å². The molecule has 3 heteroatoms. The minimum absolute atomic E-state index is 0.206. The van der Waals surface area contributed by atoms with Crippen LogP contribution in [0.2, 0.25) is 0 Å². The van der Waals surface area contributed by atoms with Gasteiger partial charge in [0.15, 0.2) is 0 Å². The van der Waals surface area contributed by atoms with E-state index in [1.54, 1.807) is 0 Å². The van der Waals surface area contributed by atoms with Crippen LogP contribution in [-0.4, -0.2) is 47.5 Å². The molecule has 0 aromatic carbocycles. The SMILES string of the molecule is OCC1CCCN1CC1(CO)CC1. The maximum atomic E-state index is 9.19. The zero-order valence-electron chi connectivity index (χ0n) is 8.08. The van der Waals surface area contributed by atoms with Gasteiger partial charge in [-0.1, -0.05) is 0 Å². The van der Waals surface area contributed by atoms with Gasteiger partial charge in [-0.05, 0) is 32.2 Å². The maximum Gasteiger partial charge on any atom is 0.0586 e. The van der Waals surface area contributed by atoms with Crippen molar-refractivity contribution in [3.8, 4) is 0 Å². The second-order valence-corrected chi connectivity index (χ2v) is 4.61. The zero-order valence-corrected chi connectivity index (χ0v) is 8.08. The number of rotatable bonds is 4. The quantitative estimate of drug-likeness (QED) is 0.658. The van der Waals surface area contributed by atoms with Gasteiger partial charge in [0.25, 0.3) is 0 Å². The predicted octanol–water partition coefficient (Wildman–Crippen LogP) is 0.216. The summed E-state index contributed by atoms with van der Waals surface area (Å²) in [5.74, 6) is 0. The highest BCUT2D eigenvalue weighted by molar-refractivity contribution is 4.97. The average Bonchev–Trinajstić information content (AvgIpc) is 2.78. The molecule has 0 aromatic heterocycles. The standard InChI is InChI=1S/C10H19NO2/c12-6-9-2-1-5-11(9)7-10(8-13)3-4-10/h9,12-13H,1-8H2. The summed E-state index contributed by atoms with van der Waals surface area (Å²) in [6.07, 6.45) is 4.65. The van der Waals surface area contributed by atoms with E-state index in [4.69, 9.17) is 5.11 Å². The summed E-state index contributed by atoms with van der Waals surface area (Å²) in [4.78, 5) is 2.35. The van der Waals surface area contributed by atoms with Crippen LogP contribution in [0, 0.1) is 5.41 Å². The fourth-order valence-corrected chi connectivity index (χ4v) is 2.28. The smallest absolute Gasteiger partial charge is 0.0586 e. The van der Waals surface area contributed by atoms with Gasteiger partial charge < -0.3 is 10.2 Å². The van der Waals surface area contributed by atoms with E-state index in [1.165, 1.54) is 6.42 Å². The third-order valence-corrected chi connectivity index (χ3v) is 3.54. The molecule has 0 amide bonds. The Morgan fingerprint density at radius 2 is 2.08 bits per heavy atom. The van der Waals surface area contributed by atoms with E-state index in [1.807, 2.05) is 0 Å². The Kier molecular flexibility index (Phi) is 2.58. The summed E-state index contributed by atoms with van der Waals surface area (Å²) in [5.41, 5.74) is 0.206. The third kappa shape index (κ3) is 1.87. The highest BCUT2D eigenvalue weighted by Crippen LogP contribution is 2.46. The van der Waals surface area contributed by atoms with Crippen molar-refractivity contribution in [1.29, 1.82) is 0 Å². The van der Waals surface area contributed by atoms with Gasteiger partial charge in [-0.15, -0.1) is 0 Å². The Balaban J connectivity index is 1.86. The molecule has 0 aromatic rings. The van der Waals surface area contributed by atoms with Gasteiger partial charge in [-0.2, -0.15) is 0 Å². The van der Waals surface area contributed by atoms with Gasteiger partial charge in [0, 0.05) is 24.6 Å². The Labute approximate surface area is 79.4 Å². The first-order valence-electron chi connectivity index (χ1n) is 5.25. The fourth-order valence-electron chi connectivity index (χ4n) is 2.28. The lowest BCUT2D eigenvalue weighted by Gasteiger charge is -2.26. The number of hydrogen-bond acceptors (Lipinski definition) is 3. The Morgan fingerprint density at radius 3 is 2.62 bits per heavy atom. The molecule has 1 saturated carbocycles. The molecule has 0 spiro atoms. The first-order chi connectivity index (χ1) is 6.29. The van der Waals surface area contributed by atoms with Gasteiger partial charge in [0.2, 0.25) is 0 Å². The van der Waals surface area contributed by atoms with Gasteiger partial charge in [-0.25, -0.2) is 0 Å². The Bertz CT molecular complexity index is 180. The molecular weight excluding hydrogens is 166 g/mol. The molecular formula is C10H19NO2. The summed E-state index contributed by atoms with van der Waals surface area (Å²) >= 11 is 0. The lowest BCUT2D eigenvalue weighted by Crippen LogP contribution is -2.37. The van der Waals surface area contributed by atoms with Gasteiger partial charge in [0.1, 0.15) is 0 Å². The number of likely N-dealkylation sites (tertiary alicyclic amines) is 1. The van der Waals surface area contributed by atoms with E-state index in [0.717, 1.165) is 32.4 Å². The molecule has 2 rings (SSSR count). The molecule has 1 heterocycles. The number of aliphatic hydroxyl groups excluding tert-OH is 2. The highest BCUT2D eigenvalue weighted by atomic mass is 16.3. The van der Waals surface area contributed by atoms with E-state index in [-0.39, 0.29) is 12.0 Å². The second-order valence-electron chi connectivity index (χ2n) is 4.61. The molecule has 1 unspecified atom stereocenters. The Hall–Kier alpha value is -0.120. The molecule has 2 N–H and O–H groups in total. The van der Waals surface area contributed by atoms with Crippen LogP contribution < -0.4 is 0 Å². The minimum atomic E-state index is 0.206.